The number of para-hydroxylation sites is 1. The molecule has 28 heavy (non-hydrogen) atoms. The first kappa shape index (κ1) is 18.2. The van der Waals surface area contributed by atoms with Gasteiger partial charge in [-0.05, 0) is 30.9 Å². The summed E-state index contributed by atoms with van der Waals surface area (Å²) in [5.41, 5.74) is 0.654. The van der Waals surface area contributed by atoms with Crippen molar-refractivity contribution in [3.63, 3.8) is 0 Å². The molecular weight excluding hydrogens is 360 g/mol. The minimum atomic E-state index is -0.583. The molecule has 3 aromatic rings. The summed E-state index contributed by atoms with van der Waals surface area (Å²) in [7, 11) is 0. The number of hydrogen-bond donors (Lipinski definition) is 2. The number of amides is 3. The van der Waals surface area contributed by atoms with Crippen molar-refractivity contribution in [2.45, 2.75) is 45.2 Å². The zero-order chi connectivity index (χ0) is 19.7. The number of hydrogen-bond acceptors (Lipinski definition) is 5. The fraction of sp³-hybridized carbons (Fsp3) is 0.400. The third-order valence-corrected chi connectivity index (χ3v) is 5.35. The number of imide groups is 1. The number of nitrogens with one attached hydrogen (secondary N) is 2. The molecule has 4 rings (SSSR count). The molecule has 1 aliphatic carbocycles. The lowest BCUT2D eigenvalue weighted by Crippen LogP contribution is -2.48. The van der Waals surface area contributed by atoms with Gasteiger partial charge in [0.15, 0.2) is 0 Å². The van der Waals surface area contributed by atoms with E-state index in [9.17, 15) is 14.4 Å². The van der Waals surface area contributed by atoms with E-state index >= 15 is 0 Å². The molecule has 3 amide bonds. The van der Waals surface area contributed by atoms with Gasteiger partial charge in [0.2, 0.25) is 11.5 Å². The Morgan fingerprint density at radius 3 is 2.86 bits per heavy atom. The van der Waals surface area contributed by atoms with Crippen LogP contribution < -0.4 is 16.2 Å². The van der Waals surface area contributed by atoms with Crippen molar-refractivity contribution < 1.29 is 14.0 Å². The number of carbonyl (C=O) groups excluding carboxylic acids is 2. The van der Waals surface area contributed by atoms with Gasteiger partial charge in [0.05, 0.1) is 6.33 Å². The number of rotatable bonds is 3. The van der Waals surface area contributed by atoms with E-state index in [0.29, 0.717) is 17.0 Å². The van der Waals surface area contributed by atoms with Crippen LogP contribution in [0.4, 0.5) is 4.79 Å². The SMILES string of the molecule is CC1CCCCC1NC(=O)NC(=O)Cn1cnc2c(oc3ccccc32)c1=O. The predicted octanol–water partition coefficient (Wildman–Crippen LogP) is 2.55. The van der Waals surface area contributed by atoms with E-state index < -0.39 is 17.5 Å². The molecule has 2 heterocycles. The van der Waals surface area contributed by atoms with Crippen LogP contribution in [-0.2, 0) is 11.3 Å². The summed E-state index contributed by atoms with van der Waals surface area (Å²) in [5, 5.41) is 5.89. The highest BCUT2D eigenvalue weighted by Gasteiger charge is 2.23. The predicted molar refractivity (Wildman–Crippen MR) is 104 cm³/mol. The zero-order valence-electron chi connectivity index (χ0n) is 15.6. The number of aromatic nitrogens is 2. The van der Waals surface area contributed by atoms with Gasteiger partial charge >= 0.3 is 6.03 Å². The van der Waals surface area contributed by atoms with Crippen LogP contribution in [0.5, 0.6) is 0 Å². The molecule has 0 spiro atoms. The van der Waals surface area contributed by atoms with Gasteiger partial charge in [-0.1, -0.05) is 31.9 Å². The minimum Gasteiger partial charge on any atom is -0.448 e. The molecule has 146 valence electrons. The van der Waals surface area contributed by atoms with E-state index in [1.54, 1.807) is 6.07 Å². The molecule has 2 unspecified atom stereocenters. The first-order chi connectivity index (χ1) is 13.5. The van der Waals surface area contributed by atoms with Crippen molar-refractivity contribution in [1.29, 1.82) is 0 Å². The summed E-state index contributed by atoms with van der Waals surface area (Å²) in [5.74, 6) is -0.197. The normalized spacial score (nSPS) is 19.6. The van der Waals surface area contributed by atoms with Gasteiger partial charge in [-0.2, -0.15) is 0 Å². The summed E-state index contributed by atoms with van der Waals surface area (Å²) in [6.07, 6.45) is 5.52. The van der Waals surface area contributed by atoms with Crippen molar-refractivity contribution >= 4 is 34.0 Å². The molecule has 2 atom stereocenters. The first-order valence-corrected chi connectivity index (χ1v) is 9.50. The van der Waals surface area contributed by atoms with Crippen LogP contribution in [0, 0.1) is 5.92 Å². The highest BCUT2D eigenvalue weighted by atomic mass is 16.3. The number of fused-ring (bicyclic) bond motifs is 3. The Balaban J connectivity index is 1.46. The van der Waals surface area contributed by atoms with Crippen LogP contribution in [0.15, 0.2) is 39.8 Å². The van der Waals surface area contributed by atoms with Crippen LogP contribution in [0.2, 0.25) is 0 Å². The monoisotopic (exact) mass is 382 g/mol. The molecule has 0 bridgehead atoms. The highest BCUT2D eigenvalue weighted by molar-refractivity contribution is 6.01. The van der Waals surface area contributed by atoms with Crippen molar-refractivity contribution in [2.24, 2.45) is 5.92 Å². The molecule has 0 aliphatic heterocycles. The number of nitrogens with zero attached hydrogens (tertiary/aromatic N) is 2. The van der Waals surface area contributed by atoms with Gasteiger partial charge < -0.3 is 9.73 Å². The fourth-order valence-corrected chi connectivity index (χ4v) is 3.78. The number of urea groups is 1. The molecule has 1 aliphatic rings. The summed E-state index contributed by atoms with van der Waals surface area (Å²) in [6, 6.07) is 6.75. The molecule has 1 fully saturated rings. The lowest BCUT2D eigenvalue weighted by atomic mass is 9.86. The minimum absolute atomic E-state index is 0.0674. The summed E-state index contributed by atoms with van der Waals surface area (Å²) in [4.78, 5) is 41.2. The Morgan fingerprint density at radius 1 is 1.25 bits per heavy atom. The maximum Gasteiger partial charge on any atom is 0.321 e. The molecule has 8 nitrogen and oxygen atoms in total. The average Bonchev–Trinajstić information content (AvgIpc) is 3.05. The van der Waals surface area contributed by atoms with E-state index in [-0.39, 0.29) is 18.2 Å². The second-order valence-corrected chi connectivity index (χ2v) is 7.34. The quantitative estimate of drug-likeness (QED) is 0.724. The topological polar surface area (TPSA) is 106 Å². The van der Waals surface area contributed by atoms with E-state index in [1.165, 1.54) is 12.7 Å². The molecule has 0 saturated heterocycles. The Bertz CT molecular complexity index is 1100. The standard InChI is InChI=1S/C20H22N4O4/c1-12-6-2-4-8-14(12)22-20(27)23-16(25)10-24-11-21-17-13-7-3-5-9-15(13)28-18(17)19(24)26/h3,5,7,9,11-12,14H,2,4,6,8,10H2,1H3,(H2,22,23,25,27). The van der Waals surface area contributed by atoms with E-state index in [1.807, 2.05) is 18.2 Å². The molecule has 0 radical (unpaired) electrons. The Kier molecular flexibility index (Phi) is 4.85. The third kappa shape index (κ3) is 3.49. The van der Waals surface area contributed by atoms with Gasteiger partial charge in [0.1, 0.15) is 17.6 Å². The zero-order valence-corrected chi connectivity index (χ0v) is 15.6. The molecule has 2 N–H and O–H groups in total. The number of furan rings is 1. The maximum absolute atomic E-state index is 12.6. The summed E-state index contributed by atoms with van der Waals surface area (Å²) >= 11 is 0. The summed E-state index contributed by atoms with van der Waals surface area (Å²) < 4.78 is 6.73. The highest BCUT2D eigenvalue weighted by Crippen LogP contribution is 2.24. The lowest BCUT2D eigenvalue weighted by Gasteiger charge is -2.29. The van der Waals surface area contributed by atoms with Crippen molar-refractivity contribution in [3.05, 3.63) is 40.9 Å². The third-order valence-electron chi connectivity index (χ3n) is 5.35. The van der Waals surface area contributed by atoms with E-state index in [4.69, 9.17) is 4.42 Å². The average molecular weight is 382 g/mol. The van der Waals surface area contributed by atoms with E-state index in [0.717, 1.165) is 29.2 Å². The molecule has 1 aromatic carbocycles. The molecular formula is C20H22N4O4. The molecule has 2 aromatic heterocycles. The van der Waals surface area contributed by atoms with Gasteiger partial charge in [-0.15, -0.1) is 0 Å². The van der Waals surface area contributed by atoms with Gasteiger partial charge in [0, 0.05) is 11.4 Å². The van der Waals surface area contributed by atoms with Crippen LogP contribution in [0.3, 0.4) is 0 Å². The van der Waals surface area contributed by atoms with Gasteiger partial charge in [0.25, 0.3) is 5.56 Å². The summed E-state index contributed by atoms with van der Waals surface area (Å²) in [6.45, 7) is 1.78. The van der Waals surface area contributed by atoms with Crippen LogP contribution in [0.1, 0.15) is 32.6 Å². The van der Waals surface area contributed by atoms with Crippen molar-refractivity contribution in [2.75, 3.05) is 0 Å². The largest absolute Gasteiger partial charge is 0.448 e. The number of carbonyl (C=O) groups is 2. The van der Waals surface area contributed by atoms with Crippen molar-refractivity contribution in [1.82, 2.24) is 20.2 Å². The fourth-order valence-electron chi connectivity index (χ4n) is 3.78. The second kappa shape index (κ2) is 7.46. The Labute approximate surface area is 160 Å². The van der Waals surface area contributed by atoms with Crippen LogP contribution in [-0.4, -0.2) is 27.5 Å². The maximum atomic E-state index is 12.6. The van der Waals surface area contributed by atoms with Gasteiger partial charge in [-0.25, -0.2) is 9.78 Å². The van der Waals surface area contributed by atoms with Crippen LogP contribution >= 0.6 is 0 Å². The Morgan fingerprint density at radius 2 is 2.04 bits per heavy atom. The van der Waals surface area contributed by atoms with Crippen molar-refractivity contribution in [3.8, 4) is 0 Å². The molecule has 1 saturated carbocycles. The smallest absolute Gasteiger partial charge is 0.321 e. The van der Waals surface area contributed by atoms with Gasteiger partial charge in [-0.3, -0.25) is 19.5 Å². The lowest BCUT2D eigenvalue weighted by molar-refractivity contribution is -0.120. The van der Waals surface area contributed by atoms with Crippen LogP contribution in [0.25, 0.3) is 22.1 Å². The number of benzene rings is 1. The van der Waals surface area contributed by atoms with E-state index in [2.05, 4.69) is 22.5 Å². The second-order valence-electron chi connectivity index (χ2n) is 7.34. The first-order valence-electron chi connectivity index (χ1n) is 9.50. The molecule has 8 heteroatoms. The Hall–Kier alpha value is -3.16.